The van der Waals surface area contributed by atoms with Gasteiger partial charge >= 0.3 is 6.18 Å². The fourth-order valence-corrected chi connectivity index (χ4v) is 5.43. The third-order valence-corrected chi connectivity index (χ3v) is 8.00. The van der Waals surface area contributed by atoms with E-state index in [2.05, 4.69) is 10.4 Å². The number of nitrogens with zero attached hydrogens (tertiary/aromatic N) is 3. The first-order valence-electron chi connectivity index (χ1n) is 13.7. The zero-order valence-corrected chi connectivity index (χ0v) is 23.8. The van der Waals surface area contributed by atoms with E-state index < -0.39 is 29.6 Å². The largest absolute Gasteiger partial charge is 0.460 e. The van der Waals surface area contributed by atoms with Gasteiger partial charge in [0.25, 0.3) is 5.91 Å². The van der Waals surface area contributed by atoms with E-state index in [1.54, 1.807) is 53.7 Å². The number of hydrogen-bond donors (Lipinski definition) is 2. The summed E-state index contributed by atoms with van der Waals surface area (Å²) in [6.45, 7) is 8.59. The van der Waals surface area contributed by atoms with Crippen LogP contribution in [0.4, 0.5) is 13.2 Å². The second kappa shape index (κ2) is 11.0. The highest BCUT2D eigenvalue weighted by Crippen LogP contribution is 2.41. The minimum Gasteiger partial charge on any atom is -0.460 e. The Bertz CT molecular complexity index is 1640. The van der Waals surface area contributed by atoms with Crippen molar-refractivity contribution < 1.29 is 37.0 Å². The van der Waals surface area contributed by atoms with Gasteiger partial charge in [-0.25, -0.2) is 4.52 Å². The number of aliphatic hydroxyl groups is 1. The molecular weight excluding hydrogens is 553 g/mol. The molecule has 1 aliphatic heterocycles. The van der Waals surface area contributed by atoms with Gasteiger partial charge in [0.2, 0.25) is 6.41 Å². The third kappa shape index (κ3) is 5.94. The van der Waals surface area contributed by atoms with Crippen molar-refractivity contribution in [3.05, 3.63) is 59.1 Å². The number of β-amino-alcohol motifs (C(OH)–C–C–N with tert-alkyl or cyclic N) is 1. The van der Waals surface area contributed by atoms with Crippen molar-refractivity contribution in [2.45, 2.75) is 64.8 Å². The van der Waals surface area contributed by atoms with Gasteiger partial charge in [-0.1, -0.05) is 0 Å². The van der Waals surface area contributed by atoms with Crippen LogP contribution in [0.15, 0.2) is 41.1 Å². The number of carbonyl (C=O) groups is 2. The lowest BCUT2D eigenvalue weighted by atomic mass is 9.79. The van der Waals surface area contributed by atoms with Gasteiger partial charge in [0.1, 0.15) is 22.6 Å². The van der Waals surface area contributed by atoms with Crippen molar-refractivity contribution in [2.75, 3.05) is 13.1 Å². The fraction of sp³-hybridized carbons (Fsp3) is 0.433. The van der Waals surface area contributed by atoms with Crippen LogP contribution in [0.2, 0.25) is 0 Å². The number of amides is 2. The van der Waals surface area contributed by atoms with Crippen LogP contribution < -0.4 is 10.1 Å². The number of ether oxygens (including phenoxy) is 1. The summed E-state index contributed by atoms with van der Waals surface area (Å²) in [5.74, 6) is -0.212. The summed E-state index contributed by atoms with van der Waals surface area (Å²) in [7, 11) is 0. The summed E-state index contributed by atoms with van der Waals surface area (Å²) in [4.78, 5) is 24.5. The first-order chi connectivity index (χ1) is 19.8. The number of carbonyl (C=O) groups excluding carboxylic acids is 2. The maximum atomic E-state index is 12.8. The van der Waals surface area contributed by atoms with E-state index in [1.165, 1.54) is 0 Å². The summed E-state index contributed by atoms with van der Waals surface area (Å²) in [6.07, 6.45) is 0.660. The summed E-state index contributed by atoms with van der Waals surface area (Å²) in [6, 6.07) is 6.46. The number of furan rings is 1. The number of hydrogen-bond acceptors (Lipinski definition) is 6. The Labute approximate surface area is 240 Å². The van der Waals surface area contributed by atoms with E-state index in [1.807, 2.05) is 20.0 Å². The molecule has 1 aromatic carbocycles. The van der Waals surface area contributed by atoms with E-state index in [-0.39, 0.29) is 12.8 Å². The van der Waals surface area contributed by atoms with Crippen molar-refractivity contribution in [1.29, 1.82) is 0 Å². The molecule has 0 spiro atoms. The van der Waals surface area contributed by atoms with Gasteiger partial charge in [-0.15, -0.1) is 0 Å². The van der Waals surface area contributed by atoms with Crippen LogP contribution in [0.1, 0.15) is 53.4 Å². The van der Waals surface area contributed by atoms with E-state index in [9.17, 15) is 27.9 Å². The highest BCUT2D eigenvalue weighted by molar-refractivity contribution is 6.07. The molecule has 2 N–H and O–H groups in total. The number of halogens is 3. The number of rotatable bonds is 5. The SMILES string of the molecule is CC1(O)CCN(C=O)C1.Cc1cn2nccc(Oc3ccc4c(C(=O)NC5CC(C(F)(F)F)C5)c(C)oc4c3)c2c1C. The van der Waals surface area contributed by atoms with Gasteiger partial charge in [-0.05, 0) is 70.2 Å². The highest BCUT2D eigenvalue weighted by Gasteiger charge is 2.48. The van der Waals surface area contributed by atoms with Gasteiger partial charge < -0.3 is 24.5 Å². The molecule has 9 nitrogen and oxygen atoms in total. The summed E-state index contributed by atoms with van der Waals surface area (Å²) >= 11 is 0. The molecule has 6 rings (SSSR count). The molecule has 1 saturated heterocycles. The lowest BCUT2D eigenvalue weighted by molar-refractivity contribution is -0.198. The van der Waals surface area contributed by atoms with Crippen LogP contribution in [-0.2, 0) is 4.79 Å². The van der Waals surface area contributed by atoms with Gasteiger partial charge in [-0.3, -0.25) is 9.59 Å². The van der Waals surface area contributed by atoms with Crippen LogP contribution in [-0.4, -0.2) is 62.8 Å². The number of alkyl halides is 3. The van der Waals surface area contributed by atoms with Crippen molar-refractivity contribution in [1.82, 2.24) is 19.8 Å². The van der Waals surface area contributed by atoms with Gasteiger partial charge in [-0.2, -0.15) is 18.3 Å². The molecule has 1 aliphatic carbocycles. The maximum Gasteiger partial charge on any atom is 0.391 e. The average Bonchev–Trinajstić information content (AvgIpc) is 3.51. The monoisotopic (exact) mass is 586 g/mol. The fourth-order valence-electron chi connectivity index (χ4n) is 5.43. The van der Waals surface area contributed by atoms with Crippen LogP contribution in [0.3, 0.4) is 0 Å². The lowest BCUT2D eigenvalue weighted by Gasteiger charge is -2.36. The lowest BCUT2D eigenvalue weighted by Crippen LogP contribution is -2.48. The minimum absolute atomic E-state index is 0.0961. The molecule has 2 aliphatic rings. The Balaban J connectivity index is 0.000000336. The molecular formula is C30H33F3N4O5. The molecule has 2 fully saturated rings. The number of fused-ring (bicyclic) bond motifs is 2. The van der Waals surface area contributed by atoms with Gasteiger partial charge in [0.15, 0.2) is 5.75 Å². The first-order valence-corrected chi connectivity index (χ1v) is 13.7. The van der Waals surface area contributed by atoms with E-state index in [0.29, 0.717) is 53.3 Å². The molecule has 0 radical (unpaired) electrons. The zero-order valence-electron chi connectivity index (χ0n) is 23.8. The third-order valence-electron chi connectivity index (χ3n) is 8.00. The predicted octanol–water partition coefficient (Wildman–Crippen LogP) is 5.47. The normalized spacial score (nSPS) is 22.0. The smallest absolute Gasteiger partial charge is 0.391 e. The first kappa shape index (κ1) is 29.4. The van der Waals surface area contributed by atoms with Crippen LogP contribution in [0.5, 0.6) is 11.5 Å². The topological polar surface area (TPSA) is 109 Å². The molecule has 42 heavy (non-hydrogen) atoms. The number of aromatic nitrogens is 2. The van der Waals surface area contributed by atoms with Gasteiger partial charge in [0, 0.05) is 42.8 Å². The number of nitrogens with one attached hydrogen (secondary N) is 1. The second-order valence-electron chi connectivity index (χ2n) is 11.4. The molecule has 1 unspecified atom stereocenters. The Kier molecular flexibility index (Phi) is 7.69. The van der Waals surface area contributed by atoms with Crippen molar-refractivity contribution >= 4 is 28.8 Å². The quantitative estimate of drug-likeness (QED) is 0.300. The predicted molar refractivity (Wildman–Crippen MR) is 149 cm³/mol. The van der Waals surface area contributed by atoms with Crippen molar-refractivity contribution in [3.63, 3.8) is 0 Å². The van der Waals surface area contributed by atoms with Crippen LogP contribution in [0, 0.1) is 26.7 Å². The minimum atomic E-state index is -4.21. The zero-order chi connectivity index (χ0) is 30.4. The summed E-state index contributed by atoms with van der Waals surface area (Å²) in [5, 5.41) is 16.9. The summed E-state index contributed by atoms with van der Waals surface area (Å²) in [5.41, 5.74) is 3.18. The standard InChI is InChI=1S/C24H22F3N3O3.C6H11NO2/c1-12-11-30-22(13(12)2)19(6-7-28-30)33-17-4-5-18-20(10-17)32-14(3)21(18)23(31)29-16-8-15(9-16)24(25,26)27;1-6(9)2-3-7(4-6)5-8/h4-7,10-11,15-16H,8-9H2,1-3H3,(H,29,31);5,9H,2-4H2,1H3. The highest BCUT2D eigenvalue weighted by atomic mass is 19.4. The average molecular weight is 587 g/mol. The Morgan fingerprint density at radius 2 is 1.98 bits per heavy atom. The van der Waals surface area contributed by atoms with Crippen molar-refractivity contribution in [2.24, 2.45) is 5.92 Å². The molecule has 0 bridgehead atoms. The van der Waals surface area contributed by atoms with E-state index in [4.69, 9.17) is 9.15 Å². The van der Waals surface area contributed by atoms with Gasteiger partial charge in [0.05, 0.1) is 23.3 Å². The molecule has 1 atom stereocenters. The van der Waals surface area contributed by atoms with Crippen molar-refractivity contribution in [3.8, 4) is 11.5 Å². The van der Waals surface area contributed by atoms with E-state index in [0.717, 1.165) is 23.1 Å². The molecule has 2 amide bonds. The molecule has 4 aromatic rings. The molecule has 1 saturated carbocycles. The number of likely N-dealkylation sites (tertiary alicyclic amines) is 1. The van der Waals surface area contributed by atoms with Crippen LogP contribution >= 0.6 is 0 Å². The molecule has 4 heterocycles. The van der Waals surface area contributed by atoms with Crippen LogP contribution in [0.25, 0.3) is 16.5 Å². The van der Waals surface area contributed by atoms with E-state index >= 15 is 0 Å². The molecule has 3 aromatic heterocycles. The molecule has 224 valence electrons. The summed E-state index contributed by atoms with van der Waals surface area (Å²) < 4.78 is 51.8. The molecule has 12 heteroatoms. The number of aryl methyl sites for hydroxylation is 3. The maximum absolute atomic E-state index is 12.8. The number of benzene rings is 1. The Morgan fingerprint density at radius 3 is 2.60 bits per heavy atom. The Morgan fingerprint density at radius 1 is 1.24 bits per heavy atom. The Hall–Kier alpha value is -4.06. The second-order valence-corrected chi connectivity index (χ2v) is 11.4.